The zero-order chi connectivity index (χ0) is 15.4. The van der Waals surface area contributed by atoms with Gasteiger partial charge in [0.2, 0.25) is 0 Å². The summed E-state index contributed by atoms with van der Waals surface area (Å²) in [5.41, 5.74) is 1.96. The zero-order valence-electron chi connectivity index (χ0n) is 11.3. The first-order valence-corrected chi connectivity index (χ1v) is 8.83. The number of rotatable bonds is 5. The SMILES string of the molecule is CCNC(Cc1cc(Cl)ccc1Cl)c1ncc(Br)cc1Br. The van der Waals surface area contributed by atoms with Crippen molar-refractivity contribution in [1.82, 2.24) is 10.3 Å². The van der Waals surface area contributed by atoms with Gasteiger partial charge in [0.15, 0.2) is 0 Å². The van der Waals surface area contributed by atoms with Crippen LogP contribution in [0.4, 0.5) is 0 Å². The molecule has 0 radical (unpaired) electrons. The van der Waals surface area contributed by atoms with Crippen LogP contribution in [0.15, 0.2) is 39.4 Å². The number of benzene rings is 1. The quantitative estimate of drug-likeness (QED) is 0.619. The van der Waals surface area contributed by atoms with E-state index in [0.29, 0.717) is 5.02 Å². The molecule has 1 aromatic heterocycles. The van der Waals surface area contributed by atoms with Crippen LogP contribution in [-0.2, 0) is 6.42 Å². The lowest BCUT2D eigenvalue weighted by atomic mass is 10.0. The Morgan fingerprint density at radius 2 is 2.00 bits per heavy atom. The second kappa shape index (κ2) is 7.93. The lowest BCUT2D eigenvalue weighted by molar-refractivity contribution is 0.534. The Bertz CT molecular complexity index is 635. The Hall–Kier alpha value is -0.130. The highest BCUT2D eigenvalue weighted by Crippen LogP contribution is 2.30. The van der Waals surface area contributed by atoms with E-state index in [0.717, 1.165) is 38.2 Å². The van der Waals surface area contributed by atoms with Crippen LogP contribution in [0.5, 0.6) is 0 Å². The third-order valence-corrected chi connectivity index (χ3v) is 4.72. The molecule has 21 heavy (non-hydrogen) atoms. The van der Waals surface area contributed by atoms with Crippen LogP contribution in [0.1, 0.15) is 24.2 Å². The van der Waals surface area contributed by atoms with Crippen molar-refractivity contribution in [3.05, 3.63) is 60.7 Å². The molecule has 1 aromatic carbocycles. The molecular weight excluding hydrogens is 439 g/mol. The van der Waals surface area contributed by atoms with Crippen molar-refractivity contribution in [2.24, 2.45) is 0 Å². The topological polar surface area (TPSA) is 24.9 Å². The van der Waals surface area contributed by atoms with Crippen molar-refractivity contribution in [3.63, 3.8) is 0 Å². The van der Waals surface area contributed by atoms with Crippen molar-refractivity contribution < 1.29 is 0 Å². The average molecular weight is 453 g/mol. The van der Waals surface area contributed by atoms with Gasteiger partial charge in [0.05, 0.1) is 11.7 Å². The summed E-state index contributed by atoms with van der Waals surface area (Å²) >= 11 is 19.3. The van der Waals surface area contributed by atoms with E-state index >= 15 is 0 Å². The van der Waals surface area contributed by atoms with Crippen LogP contribution in [0.3, 0.4) is 0 Å². The van der Waals surface area contributed by atoms with Crippen molar-refractivity contribution in [2.45, 2.75) is 19.4 Å². The van der Waals surface area contributed by atoms with Gasteiger partial charge in [0, 0.05) is 25.2 Å². The van der Waals surface area contributed by atoms with E-state index in [1.54, 1.807) is 12.3 Å². The summed E-state index contributed by atoms with van der Waals surface area (Å²) in [4.78, 5) is 4.51. The van der Waals surface area contributed by atoms with Crippen LogP contribution < -0.4 is 5.32 Å². The third kappa shape index (κ3) is 4.67. The van der Waals surface area contributed by atoms with E-state index in [1.165, 1.54) is 0 Å². The maximum Gasteiger partial charge on any atom is 0.0719 e. The molecule has 112 valence electrons. The van der Waals surface area contributed by atoms with Gasteiger partial charge in [0.25, 0.3) is 0 Å². The number of likely N-dealkylation sites (N-methyl/N-ethyl adjacent to an activating group) is 1. The molecular formula is C15H14Br2Cl2N2. The summed E-state index contributed by atoms with van der Waals surface area (Å²) in [6.07, 6.45) is 2.52. The van der Waals surface area contributed by atoms with Gasteiger partial charge in [-0.3, -0.25) is 4.98 Å². The summed E-state index contributed by atoms with van der Waals surface area (Å²) in [6.45, 7) is 2.91. The molecule has 1 heterocycles. The van der Waals surface area contributed by atoms with Gasteiger partial charge in [-0.25, -0.2) is 0 Å². The number of hydrogen-bond donors (Lipinski definition) is 1. The molecule has 0 fully saturated rings. The van der Waals surface area contributed by atoms with Gasteiger partial charge in [-0.1, -0.05) is 30.1 Å². The Morgan fingerprint density at radius 1 is 1.24 bits per heavy atom. The van der Waals surface area contributed by atoms with Gasteiger partial charge in [-0.05, 0) is 74.7 Å². The molecule has 1 N–H and O–H groups in total. The zero-order valence-corrected chi connectivity index (χ0v) is 16.0. The monoisotopic (exact) mass is 450 g/mol. The molecule has 0 saturated heterocycles. The molecule has 0 saturated carbocycles. The minimum atomic E-state index is 0.0634. The fourth-order valence-corrected chi connectivity index (χ4v) is 3.77. The first-order valence-electron chi connectivity index (χ1n) is 6.49. The van der Waals surface area contributed by atoms with Gasteiger partial charge in [0.1, 0.15) is 0 Å². The minimum absolute atomic E-state index is 0.0634. The molecule has 2 aromatic rings. The molecule has 6 heteroatoms. The summed E-state index contributed by atoms with van der Waals surface area (Å²) < 4.78 is 1.90. The molecule has 0 aliphatic rings. The molecule has 0 bridgehead atoms. The fourth-order valence-electron chi connectivity index (χ4n) is 2.11. The molecule has 0 aliphatic carbocycles. The Kier molecular flexibility index (Phi) is 6.51. The number of pyridine rings is 1. The molecule has 1 unspecified atom stereocenters. The van der Waals surface area contributed by atoms with E-state index < -0.39 is 0 Å². The highest BCUT2D eigenvalue weighted by molar-refractivity contribution is 9.11. The van der Waals surface area contributed by atoms with Crippen LogP contribution in [-0.4, -0.2) is 11.5 Å². The van der Waals surface area contributed by atoms with Crippen molar-refractivity contribution in [1.29, 1.82) is 0 Å². The van der Waals surface area contributed by atoms with E-state index in [9.17, 15) is 0 Å². The smallest absolute Gasteiger partial charge is 0.0719 e. The van der Waals surface area contributed by atoms with Crippen molar-refractivity contribution in [2.75, 3.05) is 6.54 Å². The van der Waals surface area contributed by atoms with Gasteiger partial charge in [-0.2, -0.15) is 0 Å². The number of nitrogens with one attached hydrogen (secondary N) is 1. The predicted octanol–water partition coefficient (Wildman–Crippen LogP) is 5.81. The molecule has 0 spiro atoms. The van der Waals surface area contributed by atoms with Crippen molar-refractivity contribution >= 4 is 55.1 Å². The molecule has 0 aliphatic heterocycles. The summed E-state index contributed by atoms with van der Waals surface area (Å²) in [7, 11) is 0. The predicted molar refractivity (Wildman–Crippen MR) is 96.2 cm³/mol. The number of halogens is 4. The second-order valence-corrected chi connectivity index (χ2v) is 7.18. The van der Waals surface area contributed by atoms with Crippen LogP contribution in [0.25, 0.3) is 0 Å². The normalized spacial score (nSPS) is 12.4. The first kappa shape index (κ1) is 17.2. The van der Waals surface area contributed by atoms with E-state index in [4.69, 9.17) is 23.2 Å². The lowest BCUT2D eigenvalue weighted by Gasteiger charge is -2.19. The summed E-state index contributed by atoms with van der Waals surface area (Å²) in [6, 6.07) is 7.58. The Balaban J connectivity index is 2.32. The van der Waals surface area contributed by atoms with E-state index in [-0.39, 0.29) is 6.04 Å². The largest absolute Gasteiger partial charge is 0.309 e. The van der Waals surface area contributed by atoms with E-state index in [2.05, 4.69) is 49.1 Å². The number of nitrogens with zero attached hydrogens (tertiary/aromatic N) is 1. The van der Waals surface area contributed by atoms with E-state index in [1.807, 2.05) is 18.2 Å². The highest BCUT2D eigenvalue weighted by atomic mass is 79.9. The maximum absolute atomic E-state index is 6.27. The van der Waals surface area contributed by atoms with Gasteiger partial charge in [-0.15, -0.1) is 0 Å². The Labute approximate surface area is 151 Å². The van der Waals surface area contributed by atoms with Gasteiger partial charge >= 0.3 is 0 Å². The number of aromatic nitrogens is 1. The fraction of sp³-hybridized carbons (Fsp3) is 0.267. The standard InChI is InChI=1S/C15H14Br2Cl2N2/c1-2-20-14(15-12(17)7-10(16)8-21-15)6-9-5-11(18)3-4-13(9)19/h3-5,7-8,14,20H,2,6H2,1H3. The molecule has 2 nitrogen and oxygen atoms in total. The van der Waals surface area contributed by atoms with Gasteiger partial charge < -0.3 is 5.32 Å². The second-order valence-electron chi connectivity index (χ2n) is 4.57. The van der Waals surface area contributed by atoms with Crippen LogP contribution in [0, 0.1) is 0 Å². The highest BCUT2D eigenvalue weighted by Gasteiger charge is 2.17. The summed E-state index contributed by atoms with van der Waals surface area (Å²) in [5, 5.41) is 4.85. The average Bonchev–Trinajstić information content (AvgIpc) is 2.42. The molecule has 2 rings (SSSR count). The molecule has 1 atom stereocenters. The molecule has 0 amide bonds. The van der Waals surface area contributed by atoms with Crippen LogP contribution in [0.2, 0.25) is 10.0 Å². The minimum Gasteiger partial charge on any atom is -0.309 e. The summed E-state index contributed by atoms with van der Waals surface area (Å²) in [5.74, 6) is 0. The Morgan fingerprint density at radius 3 is 2.67 bits per heavy atom. The maximum atomic E-state index is 6.27. The first-order chi connectivity index (χ1) is 10.0. The lowest BCUT2D eigenvalue weighted by Crippen LogP contribution is -2.24. The third-order valence-electron chi connectivity index (χ3n) is 3.05. The number of hydrogen-bond acceptors (Lipinski definition) is 2. The van der Waals surface area contributed by atoms with Crippen LogP contribution >= 0.6 is 55.1 Å². The van der Waals surface area contributed by atoms with Crippen molar-refractivity contribution in [3.8, 4) is 0 Å².